The Bertz CT molecular complexity index is 1560. The van der Waals surface area contributed by atoms with Crippen LogP contribution in [0.2, 0.25) is 0 Å². The SMILES string of the molecule is COc1cc2c(cn1)NC(c1ccc3nc(NC(=O)Nc4ccc(F)cc4)sc3c1)(C(F)(F)F)C(=O)N2C. The molecule has 196 valence electrons. The van der Waals surface area contributed by atoms with Crippen molar-refractivity contribution in [3.63, 3.8) is 0 Å². The molecule has 0 spiro atoms. The van der Waals surface area contributed by atoms with Crippen LogP contribution in [0, 0.1) is 5.82 Å². The van der Waals surface area contributed by atoms with Crippen LogP contribution in [-0.2, 0) is 10.3 Å². The van der Waals surface area contributed by atoms with Crippen molar-refractivity contribution in [3.05, 3.63) is 66.1 Å². The lowest BCUT2D eigenvalue weighted by Crippen LogP contribution is -2.62. The largest absolute Gasteiger partial charge is 0.481 e. The molecule has 0 aliphatic carbocycles. The average Bonchev–Trinajstić information content (AvgIpc) is 3.28. The van der Waals surface area contributed by atoms with Gasteiger partial charge in [0.05, 0.1) is 34.9 Å². The molecule has 2 aromatic heterocycles. The van der Waals surface area contributed by atoms with Crippen LogP contribution in [0.15, 0.2) is 54.7 Å². The van der Waals surface area contributed by atoms with E-state index >= 15 is 0 Å². The molecule has 0 saturated carbocycles. The number of ether oxygens (including phenoxy) is 1. The number of nitrogens with one attached hydrogen (secondary N) is 3. The van der Waals surface area contributed by atoms with Crippen molar-refractivity contribution in [2.45, 2.75) is 11.7 Å². The van der Waals surface area contributed by atoms with E-state index in [4.69, 9.17) is 4.74 Å². The highest BCUT2D eigenvalue weighted by Gasteiger charge is 2.65. The summed E-state index contributed by atoms with van der Waals surface area (Å²) in [5.74, 6) is -1.57. The third-order valence-electron chi connectivity index (χ3n) is 5.94. The summed E-state index contributed by atoms with van der Waals surface area (Å²) in [4.78, 5) is 34.7. The Morgan fingerprint density at radius 1 is 1.13 bits per heavy atom. The lowest BCUT2D eigenvalue weighted by Gasteiger charge is -2.43. The molecule has 0 bridgehead atoms. The minimum absolute atomic E-state index is 0.00514. The summed E-state index contributed by atoms with van der Waals surface area (Å²) in [5, 5.41) is 7.50. The predicted octanol–water partition coefficient (Wildman–Crippen LogP) is 5.33. The van der Waals surface area contributed by atoms with Crippen molar-refractivity contribution >= 4 is 55.7 Å². The van der Waals surface area contributed by atoms with E-state index in [1.807, 2.05) is 0 Å². The number of nitrogens with zero attached hydrogens (tertiary/aromatic N) is 3. The molecule has 3 N–H and O–H groups in total. The summed E-state index contributed by atoms with van der Waals surface area (Å²) < 4.78 is 62.5. The molecule has 1 aliphatic heterocycles. The van der Waals surface area contributed by atoms with E-state index in [1.54, 1.807) is 0 Å². The molecule has 3 heterocycles. The molecule has 1 aliphatic rings. The maximum atomic E-state index is 14.7. The topological polar surface area (TPSA) is 108 Å². The number of amides is 3. The number of anilines is 4. The number of benzene rings is 2. The van der Waals surface area contributed by atoms with Gasteiger partial charge in [-0.15, -0.1) is 0 Å². The van der Waals surface area contributed by atoms with E-state index in [1.165, 1.54) is 68.9 Å². The maximum Gasteiger partial charge on any atom is 0.424 e. The number of aromatic nitrogens is 2. The molecular formula is C24H18F4N6O3S. The van der Waals surface area contributed by atoms with Gasteiger partial charge in [0.15, 0.2) is 5.13 Å². The first-order chi connectivity index (χ1) is 18.0. The van der Waals surface area contributed by atoms with Crippen molar-refractivity contribution in [2.24, 2.45) is 0 Å². The van der Waals surface area contributed by atoms with Crippen molar-refractivity contribution in [3.8, 4) is 5.88 Å². The number of hydrogen-bond donors (Lipinski definition) is 3. The van der Waals surface area contributed by atoms with Gasteiger partial charge in [-0.2, -0.15) is 13.2 Å². The number of pyridine rings is 1. The molecule has 0 radical (unpaired) electrons. The fourth-order valence-electron chi connectivity index (χ4n) is 4.08. The number of urea groups is 1. The second kappa shape index (κ2) is 9.13. The van der Waals surface area contributed by atoms with Crippen LogP contribution in [0.25, 0.3) is 10.2 Å². The van der Waals surface area contributed by atoms with Crippen LogP contribution in [0.4, 0.5) is 44.5 Å². The quantitative estimate of drug-likeness (QED) is 0.299. The Balaban J connectivity index is 1.49. The van der Waals surface area contributed by atoms with Gasteiger partial charge >= 0.3 is 12.2 Å². The number of hydrogen-bond acceptors (Lipinski definition) is 7. The summed E-state index contributed by atoms with van der Waals surface area (Å²) in [5.41, 5.74) is -2.64. The van der Waals surface area contributed by atoms with E-state index in [9.17, 15) is 27.2 Å². The molecule has 2 aromatic carbocycles. The van der Waals surface area contributed by atoms with Gasteiger partial charge in [0.1, 0.15) is 5.82 Å². The van der Waals surface area contributed by atoms with Gasteiger partial charge in [-0.05, 0) is 42.0 Å². The van der Waals surface area contributed by atoms with Crippen molar-refractivity contribution in [1.82, 2.24) is 9.97 Å². The van der Waals surface area contributed by atoms with Crippen LogP contribution in [0.5, 0.6) is 5.88 Å². The Labute approximate surface area is 216 Å². The molecule has 1 unspecified atom stereocenters. The van der Waals surface area contributed by atoms with E-state index in [2.05, 4.69) is 25.9 Å². The zero-order chi connectivity index (χ0) is 27.2. The standard InChI is InChI=1S/C24H18F4N6O3S/c1-34-17-10-19(37-2)29-11-16(17)33-23(20(34)35,24(26,27)28)12-3-8-15-18(9-12)38-22(31-15)32-21(36)30-14-6-4-13(25)5-7-14/h3-11,33H,1-2H3,(H2,30,31,32,36). The first kappa shape index (κ1) is 25.2. The fourth-order valence-corrected chi connectivity index (χ4v) is 4.98. The van der Waals surface area contributed by atoms with E-state index in [0.717, 1.165) is 16.2 Å². The van der Waals surface area contributed by atoms with E-state index in [-0.39, 0.29) is 27.9 Å². The number of methoxy groups -OCH3 is 1. The number of likely N-dealkylation sites (N-methyl/N-ethyl adjacent to an activating group) is 1. The molecule has 1 atom stereocenters. The molecule has 14 heteroatoms. The van der Waals surface area contributed by atoms with Gasteiger partial charge in [0.2, 0.25) is 11.4 Å². The second-order valence-corrected chi connectivity index (χ2v) is 9.30. The van der Waals surface area contributed by atoms with Crippen LogP contribution < -0.4 is 25.6 Å². The van der Waals surface area contributed by atoms with Crippen LogP contribution in [0.1, 0.15) is 5.56 Å². The van der Waals surface area contributed by atoms with Gasteiger partial charge in [0.25, 0.3) is 5.91 Å². The first-order valence-corrected chi connectivity index (χ1v) is 11.8. The zero-order valence-electron chi connectivity index (χ0n) is 19.7. The Hall–Kier alpha value is -4.46. The van der Waals surface area contributed by atoms with Gasteiger partial charge < -0.3 is 20.3 Å². The Kier molecular flexibility index (Phi) is 6.06. The minimum Gasteiger partial charge on any atom is -0.481 e. The maximum absolute atomic E-state index is 14.7. The summed E-state index contributed by atoms with van der Waals surface area (Å²) in [6.45, 7) is 0. The van der Waals surface area contributed by atoms with Crippen LogP contribution in [-0.4, -0.2) is 42.2 Å². The molecular weight excluding hydrogens is 528 g/mol. The molecule has 4 aromatic rings. The van der Waals surface area contributed by atoms with Gasteiger partial charge in [-0.25, -0.2) is 19.2 Å². The summed E-state index contributed by atoms with van der Waals surface area (Å²) >= 11 is 0.927. The third kappa shape index (κ3) is 4.22. The summed E-state index contributed by atoms with van der Waals surface area (Å²) in [7, 11) is 2.60. The molecule has 38 heavy (non-hydrogen) atoms. The van der Waals surface area contributed by atoms with E-state index in [0.29, 0.717) is 15.9 Å². The minimum atomic E-state index is -5.04. The van der Waals surface area contributed by atoms with Crippen LogP contribution >= 0.6 is 11.3 Å². The van der Waals surface area contributed by atoms with Gasteiger partial charge in [-0.3, -0.25) is 10.1 Å². The molecule has 0 fully saturated rings. The van der Waals surface area contributed by atoms with Crippen molar-refractivity contribution < 1.29 is 31.9 Å². The Morgan fingerprint density at radius 2 is 1.87 bits per heavy atom. The monoisotopic (exact) mass is 546 g/mol. The molecule has 5 rings (SSSR count). The van der Waals surface area contributed by atoms with Crippen molar-refractivity contribution in [2.75, 3.05) is 35.0 Å². The number of carbonyl (C=O) groups excluding carboxylic acids is 2. The average molecular weight is 547 g/mol. The number of rotatable bonds is 4. The molecule has 9 nitrogen and oxygen atoms in total. The highest BCUT2D eigenvalue weighted by Crippen LogP contribution is 2.49. The normalized spacial score (nSPS) is 17.1. The number of halogens is 4. The van der Waals surface area contributed by atoms with Gasteiger partial charge in [-0.1, -0.05) is 17.4 Å². The smallest absolute Gasteiger partial charge is 0.424 e. The highest BCUT2D eigenvalue weighted by molar-refractivity contribution is 7.22. The van der Waals surface area contributed by atoms with Crippen molar-refractivity contribution in [1.29, 1.82) is 0 Å². The highest BCUT2D eigenvalue weighted by atomic mass is 32.1. The lowest BCUT2D eigenvalue weighted by molar-refractivity contribution is -0.187. The predicted molar refractivity (Wildman–Crippen MR) is 134 cm³/mol. The molecule has 3 amide bonds. The number of fused-ring (bicyclic) bond motifs is 2. The Morgan fingerprint density at radius 3 is 2.55 bits per heavy atom. The summed E-state index contributed by atoms with van der Waals surface area (Å²) in [6, 6.07) is 9.49. The van der Waals surface area contributed by atoms with Crippen LogP contribution in [0.3, 0.4) is 0 Å². The third-order valence-corrected chi connectivity index (χ3v) is 6.88. The lowest BCUT2D eigenvalue weighted by atomic mass is 9.85. The van der Waals surface area contributed by atoms with Gasteiger partial charge in [0, 0.05) is 18.8 Å². The number of alkyl halides is 3. The number of carbonyl (C=O) groups is 2. The second-order valence-electron chi connectivity index (χ2n) is 8.27. The number of thiazole rings is 1. The molecule has 0 saturated heterocycles. The van der Waals surface area contributed by atoms with E-state index < -0.39 is 29.5 Å². The first-order valence-electron chi connectivity index (χ1n) is 10.9. The zero-order valence-corrected chi connectivity index (χ0v) is 20.5. The summed E-state index contributed by atoms with van der Waals surface area (Å²) in [6.07, 6.45) is -3.87. The fraction of sp³-hybridized carbons (Fsp3) is 0.167.